The van der Waals surface area contributed by atoms with E-state index in [0.717, 1.165) is 22.3 Å². The Morgan fingerprint density at radius 2 is 1.71 bits per heavy atom. The standard InChI is InChI=1S/C26H26N4O5/c1-30-23(13-22(29-30)24(31)27-16-11-10-15(12-16)25(32)33)28-26(34)35-14-21-19-8-4-2-6-17(19)18-7-3-5-9-20(18)21/h2-9,13,15-16,21H,10-12,14H2,1H3,(H,27,31)(H,28,34)(H,32,33)/t15-,16+/m0/s1. The molecule has 0 aliphatic heterocycles. The van der Waals surface area contributed by atoms with Gasteiger partial charge in [0.25, 0.3) is 5.91 Å². The van der Waals surface area contributed by atoms with Crippen LogP contribution in [0.15, 0.2) is 54.6 Å². The summed E-state index contributed by atoms with van der Waals surface area (Å²) >= 11 is 0. The van der Waals surface area contributed by atoms with Crippen LogP contribution in [0.3, 0.4) is 0 Å². The van der Waals surface area contributed by atoms with Gasteiger partial charge in [0.05, 0.1) is 5.92 Å². The number of nitrogens with one attached hydrogen (secondary N) is 2. The molecule has 2 aliphatic carbocycles. The molecule has 0 saturated heterocycles. The van der Waals surface area contributed by atoms with Gasteiger partial charge in [0.1, 0.15) is 12.4 Å². The summed E-state index contributed by atoms with van der Waals surface area (Å²) in [6.45, 7) is 0.178. The molecule has 9 heteroatoms. The minimum Gasteiger partial charge on any atom is -0.481 e. The number of carbonyl (C=O) groups excluding carboxylic acids is 2. The van der Waals surface area contributed by atoms with E-state index in [1.165, 1.54) is 10.7 Å². The molecule has 2 aliphatic rings. The van der Waals surface area contributed by atoms with Crippen LogP contribution in [-0.4, -0.2) is 45.5 Å². The highest BCUT2D eigenvalue weighted by atomic mass is 16.5. The summed E-state index contributed by atoms with van der Waals surface area (Å²) in [5.41, 5.74) is 4.68. The molecule has 3 N–H and O–H groups in total. The molecular weight excluding hydrogens is 448 g/mol. The van der Waals surface area contributed by atoms with Gasteiger partial charge in [-0.05, 0) is 41.5 Å². The van der Waals surface area contributed by atoms with E-state index >= 15 is 0 Å². The molecule has 1 aromatic heterocycles. The average Bonchev–Trinajstić information content (AvgIpc) is 3.54. The molecule has 0 bridgehead atoms. The summed E-state index contributed by atoms with van der Waals surface area (Å²) in [7, 11) is 1.62. The largest absolute Gasteiger partial charge is 0.481 e. The summed E-state index contributed by atoms with van der Waals surface area (Å²) in [5, 5.41) is 18.8. The van der Waals surface area contributed by atoms with E-state index < -0.39 is 23.9 Å². The van der Waals surface area contributed by atoms with Crippen LogP contribution < -0.4 is 10.6 Å². The number of aryl methyl sites for hydroxylation is 1. The maximum atomic E-state index is 12.6. The van der Waals surface area contributed by atoms with Gasteiger partial charge in [-0.3, -0.25) is 19.6 Å². The third-order valence-electron chi connectivity index (χ3n) is 6.80. The summed E-state index contributed by atoms with van der Waals surface area (Å²) in [5.74, 6) is -1.41. The zero-order chi connectivity index (χ0) is 24.5. The zero-order valence-corrected chi connectivity index (χ0v) is 19.2. The second kappa shape index (κ2) is 9.25. The number of nitrogens with zero attached hydrogens (tertiary/aromatic N) is 2. The number of anilines is 1. The fraction of sp³-hybridized carbons (Fsp3) is 0.308. The molecule has 1 heterocycles. The van der Waals surface area contributed by atoms with Crippen LogP contribution in [0.2, 0.25) is 0 Å². The number of aromatic nitrogens is 2. The van der Waals surface area contributed by atoms with Crippen molar-refractivity contribution in [1.82, 2.24) is 15.1 Å². The van der Waals surface area contributed by atoms with E-state index in [2.05, 4.69) is 40.0 Å². The smallest absolute Gasteiger partial charge is 0.412 e. The summed E-state index contributed by atoms with van der Waals surface area (Å²) in [4.78, 5) is 36.3. The van der Waals surface area contributed by atoms with Gasteiger partial charge in [-0.1, -0.05) is 48.5 Å². The number of carbonyl (C=O) groups is 3. The van der Waals surface area contributed by atoms with Crippen LogP contribution >= 0.6 is 0 Å². The Morgan fingerprint density at radius 1 is 1.06 bits per heavy atom. The molecule has 9 nitrogen and oxygen atoms in total. The van der Waals surface area contributed by atoms with Gasteiger partial charge in [-0.25, -0.2) is 4.79 Å². The number of carboxylic acids is 1. The summed E-state index contributed by atoms with van der Waals surface area (Å²) in [6.07, 6.45) is 0.915. The van der Waals surface area contributed by atoms with Crippen LogP contribution in [-0.2, 0) is 16.6 Å². The normalized spacial score (nSPS) is 18.5. The number of amides is 2. The minimum absolute atomic E-state index is 0.0536. The number of aliphatic carboxylic acids is 1. The van der Waals surface area contributed by atoms with Crippen molar-refractivity contribution in [3.8, 4) is 11.1 Å². The van der Waals surface area contributed by atoms with E-state index in [0.29, 0.717) is 25.1 Å². The fourth-order valence-corrected chi connectivity index (χ4v) is 5.03. The van der Waals surface area contributed by atoms with Crippen molar-refractivity contribution in [3.63, 3.8) is 0 Å². The number of benzene rings is 2. The lowest BCUT2D eigenvalue weighted by atomic mass is 9.98. The number of hydrogen-bond acceptors (Lipinski definition) is 5. The predicted molar refractivity (Wildman–Crippen MR) is 128 cm³/mol. The molecule has 2 atom stereocenters. The Balaban J connectivity index is 1.20. The highest BCUT2D eigenvalue weighted by molar-refractivity contribution is 5.94. The highest BCUT2D eigenvalue weighted by Crippen LogP contribution is 2.44. The summed E-state index contributed by atoms with van der Waals surface area (Å²) < 4.78 is 6.96. The van der Waals surface area contributed by atoms with Crippen molar-refractivity contribution >= 4 is 23.8 Å². The topological polar surface area (TPSA) is 123 Å². The van der Waals surface area contributed by atoms with E-state index in [4.69, 9.17) is 9.84 Å². The lowest BCUT2D eigenvalue weighted by molar-refractivity contribution is -0.141. The zero-order valence-electron chi connectivity index (χ0n) is 19.2. The first kappa shape index (κ1) is 22.6. The van der Waals surface area contributed by atoms with Crippen molar-refractivity contribution in [3.05, 3.63) is 71.4 Å². The van der Waals surface area contributed by atoms with Crippen LogP contribution in [0.25, 0.3) is 11.1 Å². The number of hydrogen-bond donors (Lipinski definition) is 3. The second-order valence-electron chi connectivity index (χ2n) is 9.01. The van der Waals surface area contributed by atoms with Crippen molar-refractivity contribution in [2.45, 2.75) is 31.2 Å². The first-order valence-electron chi connectivity index (χ1n) is 11.6. The second-order valence-corrected chi connectivity index (χ2v) is 9.01. The van der Waals surface area contributed by atoms with Crippen LogP contribution in [0.1, 0.15) is 46.8 Å². The Hall–Kier alpha value is -4.14. The van der Waals surface area contributed by atoms with Crippen LogP contribution in [0.4, 0.5) is 10.6 Å². The molecule has 35 heavy (non-hydrogen) atoms. The van der Waals surface area contributed by atoms with E-state index in [9.17, 15) is 14.4 Å². The lowest BCUT2D eigenvalue weighted by Gasteiger charge is -2.14. The first-order chi connectivity index (χ1) is 16.9. The average molecular weight is 475 g/mol. The predicted octanol–water partition coefficient (Wildman–Crippen LogP) is 3.76. The first-order valence-corrected chi connectivity index (χ1v) is 11.6. The molecule has 1 fully saturated rings. The molecule has 1 saturated carbocycles. The van der Waals surface area contributed by atoms with Gasteiger partial charge in [-0.2, -0.15) is 5.10 Å². The molecule has 2 aromatic carbocycles. The van der Waals surface area contributed by atoms with Gasteiger partial charge in [0, 0.05) is 25.1 Å². The fourth-order valence-electron chi connectivity index (χ4n) is 5.03. The van der Waals surface area contributed by atoms with Crippen molar-refractivity contribution in [2.75, 3.05) is 11.9 Å². The van der Waals surface area contributed by atoms with Crippen LogP contribution in [0.5, 0.6) is 0 Å². The molecule has 0 unspecified atom stereocenters. The van der Waals surface area contributed by atoms with Crippen molar-refractivity contribution in [2.24, 2.45) is 13.0 Å². The third-order valence-corrected chi connectivity index (χ3v) is 6.80. The number of carboxylic acid groups (broad SMARTS) is 1. The maximum Gasteiger partial charge on any atom is 0.412 e. The number of fused-ring (bicyclic) bond motifs is 3. The monoisotopic (exact) mass is 474 g/mol. The van der Waals surface area contributed by atoms with Crippen LogP contribution in [0, 0.1) is 5.92 Å². The number of rotatable bonds is 6. The van der Waals surface area contributed by atoms with Gasteiger partial charge in [0.15, 0.2) is 5.69 Å². The summed E-state index contributed by atoms with van der Waals surface area (Å²) in [6, 6.07) is 17.5. The maximum absolute atomic E-state index is 12.6. The highest BCUT2D eigenvalue weighted by Gasteiger charge is 2.32. The SMILES string of the molecule is Cn1nc(C(=O)N[C@@H]2CC[C@H](C(=O)O)C2)cc1NC(=O)OCC1c2ccccc2-c2ccccc21. The lowest BCUT2D eigenvalue weighted by Crippen LogP contribution is -2.33. The molecular formula is C26H26N4O5. The van der Waals surface area contributed by atoms with E-state index in [-0.39, 0.29) is 24.3 Å². The minimum atomic E-state index is -0.839. The third kappa shape index (κ3) is 4.49. The molecule has 2 amide bonds. The van der Waals surface area contributed by atoms with Crippen molar-refractivity contribution < 1.29 is 24.2 Å². The Morgan fingerprint density at radius 3 is 2.34 bits per heavy atom. The molecule has 3 aromatic rings. The Bertz CT molecular complexity index is 1250. The Kier molecular flexibility index (Phi) is 5.98. The van der Waals surface area contributed by atoms with E-state index in [1.807, 2.05) is 24.3 Å². The quantitative estimate of drug-likeness (QED) is 0.500. The molecule has 180 valence electrons. The number of ether oxygens (including phenoxy) is 1. The van der Waals surface area contributed by atoms with Gasteiger partial charge in [0.2, 0.25) is 0 Å². The molecule has 5 rings (SSSR count). The van der Waals surface area contributed by atoms with E-state index in [1.54, 1.807) is 7.05 Å². The van der Waals surface area contributed by atoms with Gasteiger partial charge in [-0.15, -0.1) is 0 Å². The molecule has 0 spiro atoms. The Labute approximate surface area is 202 Å². The molecule has 0 radical (unpaired) electrons. The van der Waals surface area contributed by atoms with Gasteiger partial charge >= 0.3 is 12.1 Å². The van der Waals surface area contributed by atoms with Gasteiger partial charge < -0.3 is 15.2 Å². The van der Waals surface area contributed by atoms with Crippen molar-refractivity contribution in [1.29, 1.82) is 0 Å².